The van der Waals surface area contributed by atoms with Crippen LogP contribution >= 0.6 is 19.6 Å². The van der Waals surface area contributed by atoms with Crippen LogP contribution in [0.1, 0.15) is 37.4 Å². The molecule has 0 bridgehead atoms. The second-order valence-corrected chi connectivity index (χ2v) is 9.22. The Morgan fingerprint density at radius 2 is 1.89 bits per heavy atom. The molecule has 0 aromatic carbocycles. The minimum absolute atomic E-state index is 0.121. The van der Waals surface area contributed by atoms with Crippen LogP contribution in [0.3, 0.4) is 0 Å². The quantitative estimate of drug-likeness (QED) is 0.337. The van der Waals surface area contributed by atoms with Crippen molar-refractivity contribution in [2.75, 3.05) is 7.11 Å². The highest BCUT2D eigenvalue weighted by molar-refractivity contribution is 8.01. The van der Waals surface area contributed by atoms with E-state index >= 15 is 0 Å². The molecule has 158 valence electrons. The molecule has 1 saturated heterocycles. The lowest BCUT2D eigenvalue weighted by Gasteiger charge is -2.22. The average Bonchev–Trinajstić information content (AvgIpc) is 2.83. The largest absolute Gasteiger partial charge is 0.524 e. The van der Waals surface area contributed by atoms with E-state index in [0.717, 1.165) is 13.1 Å². The molecule has 11 nitrogen and oxygen atoms in total. The number of carboxylic acids is 1. The average molecular weight is 438 g/mol. The van der Waals surface area contributed by atoms with Gasteiger partial charge in [-0.05, 0) is 20.8 Å². The first-order valence-electron chi connectivity index (χ1n) is 7.84. The van der Waals surface area contributed by atoms with Crippen molar-refractivity contribution in [3.05, 3.63) is 17.5 Å². The molecule has 2 atom stereocenters. The fraction of sp³-hybridized carbons (Fsp3) is 0.533. The fourth-order valence-corrected chi connectivity index (χ4v) is 4.28. The van der Waals surface area contributed by atoms with Crippen molar-refractivity contribution in [2.24, 2.45) is 0 Å². The van der Waals surface area contributed by atoms with Gasteiger partial charge in [0.2, 0.25) is 0 Å². The van der Waals surface area contributed by atoms with Gasteiger partial charge in [-0.3, -0.25) is 29.7 Å². The zero-order chi connectivity index (χ0) is 21.9. The van der Waals surface area contributed by atoms with Crippen molar-refractivity contribution in [3.8, 4) is 11.5 Å². The zero-order valence-corrected chi connectivity index (χ0v) is 17.6. The number of aromatic nitrogens is 1. The third kappa shape index (κ3) is 6.35. The molecule has 0 radical (unpaired) electrons. The van der Waals surface area contributed by atoms with Gasteiger partial charge in [-0.1, -0.05) is 0 Å². The van der Waals surface area contributed by atoms with Gasteiger partial charge in [-0.2, -0.15) is 0 Å². The Labute approximate surface area is 165 Å². The first-order valence-corrected chi connectivity index (χ1v) is 10.3. The number of carbonyl (C=O) groups excluding carboxylic acids is 1. The molecule has 2 rings (SSSR count). The van der Waals surface area contributed by atoms with Gasteiger partial charge < -0.3 is 19.5 Å². The van der Waals surface area contributed by atoms with E-state index in [-0.39, 0.29) is 22.8 Å². The third-order valence-corrected chi connectivity index (χ3v) is 5.48. The highest BCUT2D eigenvalue weighted by atomic mass is 32.2. The van der Waals surface area contributed by atoms with Crippen LogP contribution in [0, 0.1) is 6.92 Å². The summed E-state index contributed by atoms with van der Waals surface area (Å²) in [6.45, 7) is 6.27. The van der Waals surface area contributed by atoms with E-state index in [2.05, 4.69) is 14.8 Å². The maximum atomic E-state index is 11.9. The van der Waals surface area contributed by atoms with E-state index in [9.17, 15) is 14.5 Å². The highest BCUT2D eigenvalue weighted by Gasteiger charge is 2.48. The Hall–Kier alpha value is -1.85. The molecule has 0 spiro atoms. The Bertz CT molecular complexity index is 792. The molecule has 1 aromatic rings. The number of rotatable bonds is 4. The SMILES string of the molecule is CC(=O)O.COC(=O)C1NC(c2c(OP(=O)(O)O)cnc(C)c2O)SC1(C)C. The van der Waals surface area contributed by atoms with Crippen molar-refractivity contribution >= 4 is 31.5 Å². The van der Waals surface area contributed by atoms with Crippen molar-refractivity contribution in [1.29, 1.82) is 0 Å². The van der Waals surface area contributed by atoms with Gasteiger partial charge in [0, 0.05) is 11.7 Å². The lowest BCUT2D eigenvalue weighted by Crippen LogP contribution is -2.44. The molecule has 0 saturated carbocycles. The molecule has 1 aliphatic rings. The topological polar surface area (TPSA) is 176 Å². The predicted octanol–water partition coefficient (Wildman–Crippen LogP) is 1.31. The summed E-state index contributed by atoms with van der Waals surface area (Å²) in [5.74, 6) is -1.82. The van der Waals surface area contributed by atoms with E-state index in [1.165, 1.54) is 18.9 Å². The monoisotopic (exact) mass is 438 g/mol. The first kappa shape index (κ1) is 24.2. The number of carbonyl (C=O) groups is 2. The van der Waals surface area contributed by atoms with Gasteiger partial charge in [0.05, 0.1) is 29.9 Å². The van der Waals surface area contributed by atoms with Crippen LogP contribution in [0.5, 0.6) is 11.5 Å². The second-order valence-electron chi connectivity index (χ2n) is 6.30. The van der Waals surface area contributed by atoms with Crippen LogP contribution in [0.4, 0.5) is 0 Å². The number of aliphatic carboxylic acids is 1. The van der Waals surface area contributed by atoms with Gasteiger partial charge in [0.1, 0.15) is 11.8 Å². The van der Waals surface area contributed by atoms with Crippen LogP contribution in [-0.2, 0) is 18.9 Å². The summed E-state index contributed by atoms with van der Waals surface area (Å²) in [4.78, 5) is 42.9. The highest BCUT2D eigenvalue weighted by Crippen LogP contribution is 2.52. The maximum absolute atomic E-state index is 11.9. The summed E-state index contributed by atoms with van der Waals surface area (Å²) < 4.78 is 20.0. The van der Waals surface area contributed by atoms with Crippen LogP contribution in [0.25, 0.3) is 0 Å². The molecule has 5 N–H and O–H groups in total. The van der Waals surface area contributed by atoms with Gasteiger partial charge in [-0.15, -0.1) is 11.8 Å². The van der Waals surface area contributed by atoms with E-state index in [4.69, 9.17) is 24.4 Å². The van der Waals surface area contributed by atoms with Crippen LogP contribution in [0.2, 0.25) is 0 Å². The lowest BCUT2D eigenvalue weighted by atomic mass is 10.0. The number of aromatic hydroxyl groups is 1. The number of phosphoric ester groups is 1. The Morgan fingerprint density at radius 1 is 1.36 bits per heavy atom. The summed E-state index contributed by atoms with van der Waals surface area (Å²) in [6.07, 6.45) is 1.13. The third-order valence-electron chi connectivity index (χ3n) is 3.59. The zero-order valence-electron chi connectivity index (χ0n) is 15.9. The van der Waals surface area contributed by atoms with Gasteiger partial charge >= 0.3 is 13.8 Å². The number of aryl methyl sites for hydroxylation is 1. The number of esters is 1. The second kappa shape index (κ2) is 9.10. The molecule has 1 aromatic heterocycles. The Balaban J connectivity index is 0.000000892. The normalized spacial score (nSPS) is 20.7. The van der Waals surface area contributed by atoms with Gasteiger partial charge in [-0.25, -0.2) is 4.57 Å². The number of ether oxygens (including phenoxy) is 1. The van der Waals surface area contributed by atoms with Crippen molar-refractivity contribution in [1.82, 2.24) is 10.3 Å². The fourth-order valence-electron chi connectivity index (χ4n) is 2.42. The maximum Gasteiger partial charge on any atom is 0.524 e. The standard InChI is InChI=1S/C13H19N2O7PS.C2H4O2/c1-6-9(16)8(7(5-14-6)22-23(18,19)20)11-15-10(12(17)21-4)13(2,3)24-11;1-2(3)4/h5,10-11,15-16H,1-4H3,(H2,18,19,20);1H3,(H,3,4). The first-order chi connectivity index (χ1) is 12.7. The number of methoxy groups -OCH3 is 1. The molecule has 2 heterocycles. The van der Waals surface area contributed by atoms with E-state index in [1.807, 2.05) is 13.8 Å². The van der Waals surface area contributed by atoms with Gasteiger partial charge in [0.15, 0.2) is 5.75 Å². The molecule has 0 aliphatic carbocycles. The lowest BCUT2D eigenvalue weighted by molar-refractivity contribution is -0.143. The number of pyridine rings is 1. The summed E-state index contributed by atoms with van der Waals surface area (Å²) in [5.41, 5.74) is 0.389. The number of thioether (sulfide) groups is 1. The molecular formula is C15H23N2O9PS. The number of hydrogen-bond donors (Lipinski definition) is 5. The van der Waals surface area contributed by atoms with E-state index in [1.54, 1.807) is 6.92 Å². The molecule has 0 amide bonds. The minimum Gasteiger partial charge on any atom is -0.506 e. The smallest absolute Gasteiger partial charge is 0.506 e. The molecule has 13 heteroatoms. The molecule has 1 aliphatic heterocycles. The van der Waals surface area contributed by atoms with Crippen LogP contribution in [0.15, 0.2) is 6.20 Å². The Kier molecular flexibility index (Phi) is 7.86. The number of phosphoric acid groups is 1. The summed E-state index contributed by atoms with van der Waals surface area (Å²) >= 11 is 1.30. The number of nitrogens with one attached hydrogen (secondary N) is 1. The van der Waals surface area contributed by atoms with Crippen LogP contribution in [-0.4, -0.2) is 54.8 Å². The predicted molar refractivity (Wildman–Crippen MR) is 100.0 cm³/mol. The summed E-state index contributed by atoms with van der Waals surface area (Å²) in [7, 11) is -3.57. The molecule has 1 fully saturated rings. The van der Waals surface area contributed by atoms with E-state index < -0.39 is 35.9 Å². The summed E-state index contributed by atoms with van der Waals surface area (Å²) in [5, 5.41) is 20.1. The number of carboxylic acid groups (broad SMARTS) is 1. The minimum atomic E-state index is -4.84. The van der Waals surface area contributed by atoms with Crippen molar-refractivity contribution in [3.63, 3.8) is 0 Å². The van der Waals surface area contributed by atoms with Crippen molar-refractivity contribution in [2.45, 2.75) is 43.9 Å². The van der Waals surface area contributed by atoms with Crippen LogP contribution < -0.4 is 9.84 Å². The molecular weight excluding hydrogens is 415 g/mol. The molecule has 28 heavy (non-hydrogen) atoms. The van der Waals surface area contributed by atoms with E-state index in [0.29, 0.717) is 0 Å². The molecule has 2 unspecified atom stereocenters. The number of hydrogen-bond acceptors (Lipinski definition) is 9. The Morgan fingerprint density at radius 3 is 2.36 bits per heavy atom. The van der Waals surface area contributed by atoms with Crippen molar-refractivity contribution < 1.29 is 43.4 Å². The number of nitrogens with zero attached hydrogens (tertiary/aromatic N) is 1. The summed E-state index contributed by atoms with van der Waals surface area (Å²) in [6, 6.07) is -0.673. The van der Waals surface area contributed by atoms with Gasteiger partial charge in [0.25, 0.3) is 5.97 Å².